The minimum atomic E-state index is -1.51. The molecule has 0 heterocycles. The number of rotatable bonds is 3. The zero-order valence-corrected chi connectivity index (χ0v) is 13.6. The first-order valence-electron chi connectivity index (χ1n) is 8.34. The minimum absolute atomic E-state index is 0.0167. The Morgan fingerprint density at radius 3 is 1.76 bits per heavy atom. The highest BCUT2D eigenvalue weighted by atomic mass is 19.2. The first kappa shape index (κ1) is 17.4. The summed E-state index contributed by atoms with van der Waals surface area (Å²) in [4.78, 5) is 0. The first-order chi connectivity index (χ1) is 12.0. The molecule has 0 saturated heterocycles. The van der Waals surface area contributed by atoms with Crippen LogP contribution in [0.5, 0.6) is 11.5 Å². The molecule has 0 spiro atoms. The maximum Gasteiger partial charge on any atom is 0.194 e. The lowest BCUT2D eigenvalue weighted by Crippen LogP contribution is -2.05. The van der Waals surface area contributed by atoms with Gasteiger partial charge in [-0.2, -0.15) is 0 Å². The molecule has 0 aromatic heterocycles. The molecule has 2 aromatic rings. The highest BCUT2D eigenvalue weighted by molar-refractivity contribution is 5.72. The van der Waals surface area contributed by atoms with Crippen LogP contribution in [0.25, 0.3) is 12.2 Å². The second-order valence-corrected chi connectivity index (χ2v) is 6.44. The minimum Gasteiger partial charge on any atom is -0.507 e. The summed E-state index contributed by atoms with van der Waals surface area (Å²) >= 11 is 0. The number of hydrogen-bond acceptors (Lipinski definition) is 2. The van der Waals surface area contributed by atoms with Gasteiger partial charge in [0.05, 0.1) is 0 Å². The van der Waals surface area contributed by atoms with E-state index in [1.165, 1.54) is 30.7 Å². The Kier molecular flexibility index (Phi) is 5.02. The third-order valence-corrected chi connectivity index (χ3v) is 4.65. The highest BCUT2D eigenvalue weighted by Crippen LogP contribution is 2.42. The van der Waals surface area contributed by atoms with Crippen molar-refractivity contribution in [1.29, 1.82) is 0 Å². The van der Waals surface area contributed by atoms with E-state index < -0.39 is 17.5 Å². The van der Waals surface area contributed by atoms with Crippen LogP contribution in [-0.2, 0) is 0 Å². The van der Waals surface area contributed by atoms with E-state index in [-0.39, 0.29) is 23.0 Å². The fraction of sp³-hybridized carbons (Fsp3) is 0.300. The topological polar surface area (TPSA) is 40.5 Å². The number of phenols is 2. The molecule has 132 valence electrons. The molecule has 1 fully saturated rings. The monoisotopic (exact) mass is 348 g/mol. The summed E-state index contributed by atoms with van der Waals surface area (Å²) in [5.41, 5.74) is 1.20. The summed E-state index contributed by atoms with van der Waals surface area (Å²) in [6, 6.07) is 4.78. The summed E-state index contributed by atoms with van der Waals surface area (Å²) in [5, 5.41) is 20.6. The van der Waals surface area contributed by atoms with Gasteiger partial charge in [0, 0.05) is 5.56 Å². The Morgan fingerprint density at radius 1 is 0.760 bits per heavy atom. The standard InChI is InChI=1S/C20H19F3O2/c21-15-8-12(9-16(22)20(15)23)6-7-13-10-17(24)19(18(25)11-13)14-4-2-1-3-5-14/h6-11,14,24-25H,1-5H2. The molecule has 0 bridgehead atoms. The molecular weight excluding hydrogens is 329 g/mol. The van der Waals surface area contributed by atoms with Crippen LogP contribution in [0.1, 0.15) is 54.7 Å². The first-order valence-corrected chi connectivity index (χ1v) is 8.34. The van der Waals surface area contributed by atoms with Crippen LogP contribution in [0.2, 0.25) is 0 Å². The van der Waals surface area contributed by atoms with Crippen molar-refractivity contribution in [2.45, 2.75) is 38.0 Å². The lowest BCUT2D eigenvalue weighted by molar-refractivity contribution is 0.389. The van der Waals surface area contributed by atoms with Crippen molar-refractivity contribution in [1.82, 2.24) is 0 Å². The molecule has 0 radical (unpaired) electrons. The van der Waals surface area contributed by atoms with Gasteiger partial charge in [0.15, 0.2) is 17.5 Å². The van der Waals surface area contributed by atoms with Gasteiger partial charge in [0.2, 0.25) is 0 Å². The predicted octanol–water partition coefficient (Wildman–Crippen LogP) is 5.73. The van der Waals surface area contributed by atoms with E-state index in [0.717, 1.165) is 37.8 Å². The van der Waals surface area contributed by atoms with E-state index in [0.29, 0.717) is 11.1 Å². The third kappa shape index (κ3) is 3.81. The average Bonchev–Trinajstić information content (AvgIpc) is 2.58. The molecule has 1 saturated carbocycles. The van der Waals surface area contributed by atoms with Crippen LogP contribution < -0.4 is 0 Å². The lowest BCUT2D eigenvalue weighted by Gasteiger charge is -2.23. The van der Waals surface area contributed by atoms with Crippen molar-refractivity contribution < 1.29 is 23.4 Å². The van der Waals surface area contributed by atoms with Gasteiger partial charge in [-0.3, -0.25) is 0 Å². The summed E-state index contributed by atoms with van der Waals surface area (Å²) in [6.07, 6.45) is 8.08. The Labute approximate surface area is 144 Å². The average molecular weight is 348 g/mol. The van der Waals surface area contributed by atoms with E-state index in [4.69, 9.17) is 0 Å². The van der Waals surface area contributed by atoms with Crippen molar-refractivity contribution in [3.8, 4) is 11.5 Å². The molecule has 2 aromatic carbocycles. The van der Waals surface area contributed by atoms with Gasteiger partial charge in [-0.05, 0) is 54.2 Å². The maximum absolute atomic E-state index is 13.2. The number of phenolic OH excluding ortho intramolecular Hbond substituents is 2. The fourth-order valence-electron chi connectivity index (χ4n) is 3.41. The van der Waals surface area contributed by atoms with Gasteiger partial charge in [-0.25, -0.2) is 13.2 Å². The van der Waals surface area contributed by atoms with Crippen molar-refractivity contribution in [2.75, 3.05) is 0 Å². The number of hydrogen-bond donors (Lipinski definition) is 2. The smallest absolute Gasteiger partial charge is 0.194 e. The summed E-state index contributed by atoms with van der Waals surface area (Å²) in [6.45, 7) is 0. The molecule has 0 atom stereocenters. The Bertz CT molecular complexity index is 763. The lowest BCUT2D eigenvalue weighted by atomic mass is 9.83. The largest absolute Gasteiger partial charge is 0.507 e. The van der Waals surface area contributed by atoms with Gasteiger partial charge in [-0.1, -0.05) is 31.4 Å². The Morgan fingerprint density at radius 2 is 1.24 bits per heavy atom. The Hall–Kier alpha value is -2.43. The molecule has 0 amide bonds. The van der Waals surface area contributed by atoms with E-state index in [9.17, 15) is 23.4 Å². The van der Waals surface area contributed by atoms with Crippen LogP contribution in [-0.4, -0.2) is 10.2 Å². The molecule has 25 heavy (non-hydrogen) atoms. The SMILES string of the molecule is Oc1cc(C=Cc2cc(F)c(F)c(F)c2)cc(O)c1C1CCCCC1. The number of halogens is 3. The van der Waals surface area contributed by atoms with Gasteiger partial charge in [0.1, 0.15) is 11.5 Å². The molecular formula is C20H19F3O2. The zero-order valence-electron chi connectivity index (χ0n) is 13.6. The second-order valence-electron chi connectivity index (χ2n) is 6.44. The molecule has 1 aliphatic carbocycles. The molecule has 1 aliphatic rings. The van der Waals surface area contributed by atoms with E-state index >= 15 is 0 Å². The van der Waals surface area contributed by atoms with E-state index in [1.807, 2.05) is 0 Å². The van der Waals surface area contributed by atoms with Crippen LogP contribution in [0, 0.1) is 17.5 Å². The summed E-state index contributed by atoms with van der Waals surface area (Å²) in [5.74, 6) is -3.86. The highest BCUT2D eigenvalue weighted by Gasteiger charge is 2.22. The Balaban J connectivity index is 1.86. The van der Waals surface area contributed by atoms with Crippen molar-refractivity contribution in [3.05, 3.63) is 58.4 Å². The van der Waals surface area contributed by atoms with Gasteiger partial charge in [0.25, 0.3) is 0 Å². The third-order valence-electron chi connectivity index (χ3n) is 4.65. The molecule has 3 rings (SSSR count). The molecule has 0 aliphatic heterocycles. The van der Waals surface area contributed by atoms with Gasteiger partial charge in [-0.15, -0.1) is 0 Å². The molecule has 2 N–H and O–H groups in total. The number of aromatic hydroxyl groups is 2. The normalized spacial score (nSPS) is 15.8. The molecule has 5 heteroatoms. The van der Waals surface area contributed by atoms with Gasteiger partial charge < -0.3 is 10.2 Å². The fourth-order valence-corrected chi connectivity index (χ4v) is 3.41. The zero-order chi connectivity index (χ0) is 18.0. The van der Waals surface area contributed by atoms with Crippen molar-refractivity contribution in [2.24, 2.45) is 0 Å². The second kappa shape index (κ2) is 7.21. The van der Waals surface area contributed by atoms with Crippen molar-refractivity contribution in [3.63, 3.8) is 0 Å². The predicted molar refractivity (Wildman–Crippen MR) is 90.8 cm³/mol. The van der Waals surface area contributed by atoms with Crippen LogP contribution in [0.3, 0.4) is 0 Å². The van der Waals surface area contributed by atoms with Crippen LogP contribution in [0.4, 0.5) is 13.2 Å². The molecule has 2 nitrogen and oxygen atoms in total. The summed E-state index contributed by atoms with van der Waals surface area (Å²) in [7, 11) is 0. The van der Waals surface area contributed by atoms with Gasteiger partial charge >= 0.3 is 0 Å². The van der Waals surface area contributed by atoms with E-state index in [2.05, 4.69) is 0 Å². The van der Waals surface area contributed by atoms with E-state index in [1.54, 1.807) is 0 Å². The molecule has 0 unspecified atom stereocenters. The summed E-state index contributed by atoms with van der Waals surface area (Å²) < 4.78 is 39.4. The maximum atomic E-state index is 13.2. The van der Waals surface area contributed by atoms with Crippen LogP contribution >= 0.6 is 0 Å². The van der Waals surface area contributed by atoms with Crippen molar-refractivity contribution >= 4 is 12.2 Å². The quantitative estimate of drug-likeness (QED) is 0.549. The number of benzene rings is 2. The van der Waals surface area contributed by atoms with Crippen LogP contribution in [0.15, 0.2) is 24.3 Å².